The molecule has 1 unspecified atom stereocenters. The van der Waals surface area contributed by atoms with Crippen molar-refractivity contribution in [3.8, 4) is 0 Å². The minimum atomic E-state index is -0.865. The van der Waals surface area contributed by atoms with E-state index in [1.165, 1.54) is 0 Å². The predicted octanol–water partition coefficient (Wildman–Crippen LogP) is -1.75. The third kappa shape index (κ3) is 4.59. The molecule has 1 rings (SSSR count). The van der Waals surface area contributed by atoms with E-state index in [0.29, 0.717) is 25.9 Å². The van der Waals surface area contributed by atoms with E-state index in [9.17, 15) is 9.59 Å². The molecule has 1 fully saturated rings. The number of carbonyl (C=O) groups excluding carboxylic acids is 1. The Kier molecular flexibility index (Phi) is 6.03. The summed E-state index contributed by atoms with van der Waals surface area (Å²) >= 11 is 0. The Balaban J connectivity index is 2.22. The lowest BCUT2D eigenvalue weighted by Gasteiger charge is -2.30. The van der Waals surface area contributed by atoms with E-state index in [2.05, 4.69) is 5.32 Å². The average molecular weight is 260 g/mol. The maximum atomic E-state index is 11.7. The van der Waals surface area contributed by atoms with E-state index < -0.39 is 12.1 Å². The predicted molar refractivity (Wildman–Crippen MR) is 62.9 cm³/mol. The van der Waals surface area contributed by atoms with Crippen molar-refractivity contribution in [2.24, 2.45) is 5.92 Å². The van der Waals surface area contributed by atoms with Crippen LogP contribution in [0.5, 0.6) is 0 Å². The molecule has 7 heteroatoms. The highest BCUT2D eigenvalue weighted by atomic mass is 16.4. The van der Waals surface area contributed by atoms with E-state index in [1.54, 1.807) is 4.90 Å². The third-order valence-electron chi connectivity index (χ3n) is 3.06. The van der Waals surface area contributed by atoms with Crippen molar-refractivity contribution in [3.05, 3.63) is 0 Å². The van der Waals surface area contributed by atoms with Gasteiger partial charge in [0.1, 0.15) is 0 Å². The van der Waals surface area contributed by atoms with Gasteiger partial charge in [-0.1, -0.05) is 0 Å². The van der Waals surface area contributed by atoms with E-state index in [0.717, 1.165) is 0 Å². The molecule has 104 valence electrons. The zero-order chi connectivity index (χ0) is 13.5. The number of hydrogen-bond acceptors (Lipinski definition) is 5. The Morgan fingerprint density at radius 2 is 1.94 bits per heavy atom. The Morgan fingerprint density at radius 1 is 1.33 bits per heavy atom. The summed E-state index contributed by atoms with van der Waals surface area (Å²) in [5, 5.41) is 29.2. The number of aliphatic carboxylic acids is 1. The number of aliphatic hydroxyl groups excluding tert-OH is 2. The fourth-order valence-corrected chi connectivity index (χ4v) is 1.90. The fraction of sp³-hybridized carbons (Fsp3) is 0.818. The van der Waals surface area contributed by atoms with Crippen LogP contribution < -0.4 is 5.32 Å². The van der Waals surface area contributed by atoms with Crippen LogP contribution in [0.4, 0.5) is 0 Å². The molecule has 0 aliphatic carbocycles. The smallest absolute Gasteiger partial charge is 0.306 e. The van der Waals surface area contributed by atoms with Crippen molar-refractivity contribution in [3.63, 3.8) is 0 Å². The quantitative estimate of drug-likeness (QED) is 0.451. The maximum Gasteiger partial charge on any atom is 0.306 e. The summed E-state index contributed by atoms with van der Waals surface area (Å²) in [6.07, 6.45) is 0.108. The number of nitrogens with zero attached hydrogens (tertiary/aromatic N) is 1. The number of carboxylic acid groups (broad SMARTS) is 1. The third-order valence-corrected chi connectivity index (χ3v) is 3.06. The second kappa shape index (κ2) is 7.30. The first-order chi connectivity index (χ1) is 8.54. The van der Waals surface area contributed by atoms with Crippen LogP contribution in [0.25, 0.3) is 0 Å². The van der Waals surface area contributed by atoms with E-state index in [1.807, 2.05) is 0 Å². The Bertz CT molecular complexity index is 289. The molecule has 0 bridgehead atoms. The van der Waals surface area contributed by atoms with Crippen molar-refractivity contribution >= 4 is 11.9 Å². The van der Waals surface area contributed by atoms with Gasteiger partial charge >= 0.3 is 5.97 Å². The molecule has 1 saturated heterocycles. The molecular formula is C11H20N2O5. The second-order valence-electron chi connectivity index (χ2n) is 4.46. The number of likely N-dealkylation sites (tertiary alicyclic amines) is 1. The van der Waals surface area contributed by atoms with Crippen LogP contribution in [0.15, 0.2) is 0 Å². The SMILES string of the molecule is O=C(O)C1CCN(C(=O)CNCC(O)CO)CC1. The van der Waals surface area contributed by atoms with Crippen molar-refractivity contribution in [1.82, 2.24) is 10.2 Å². The van der Waals surface area contributed by atoms with Crippen molar-refractivity contribution in [2.75, 3.05) is 32.8 Å². The normalized spacial score (nSPS) is 18.7. The average Bonchev–Trinajstić information content (AvgIpc) is 2.38. The number of carboxylic acids is 1. The first-order valence-electron chi connectivity index (χ1n) is 6.04. The number of amides is 1. The first kappa shape index (κ1) is 14.9. The fourth-order valence-electron chi connectivity index (χ4n) is 1.90. The lowest BCUT2D eigenvalue weighted by molar-refractivity contribution is -0.145. The standard InChI is InChI=1S/C11H20N2O5/c14-7-9(15)5-12-6-10(16)13-3-1-8(2-4-13)11(17)18/h8-9,12,14-15H,1-7H2,(H,17,18). The van der Waals surface area contributed by atoms with E-state index in [-0.39, 0.29) is 31.5 Å². The van der Waals surface area contributed by atoms with Crippen molar-refractivity contribution < 1.29 is 24.9 Å². The van der Waals surface area contributed by atoms with Gasteiger partial charge in [0.15, 0.2) is 0 Å². The molecule has 1 amide bonds. The van der Waals surface area contributed by atoms with Crippen molar-refractivity contribution in [1.29, 1.82) is 0 Å². The number of piperidine rings is 1. The summed E-state index contributed by atoms with van der Waals surface area (Å²) in [7, 11) is 0. The lowest BCUT2D eigenvalue weighted by atomic mass is 9.97. The zero-order valence-electron chi connectivity index (χ0n) is 10.2. The summed E-state index contributed by atoms with van der Waals surface area (Å²) in [6.45, 7) is 0.827. The Labute approximate surface area is 105 Å². The molecule has 0 aromatic carbocycles. The molecule has 0 aromatic heterocycles. The molecule has 0 aromatic rings. The summed E-state index contributed by atoms with van der Waals surface area (Å²) < 4.78 is 0. The highest BCUT2D eigenvalue weighted by Crippen LogP contribution is 2.16. The monoisotopic (exact) mass is 260 g/mol. The van der Waals surface area contributed by atoms with Crippen molar-refractivity contribution in [2.45, 2.75) is 18.9 Å². The second-order valence-corrected chi connectivity index (χ2v) is 4.46. The summed E-state index contributed by atoms with van der Waals surface area (Å²) in [5.74, 6) is -1.26. The zero-order valence-corrected chi connectivity index (χ0v) is 10.2. The molecule has 0 radical (unpaired) electrons. The summed E-state index contributed by atoms with van der Waals surface area (Å²) in [6, 6.07) is 0. The van der Waals surface area contributed by atoms with Crippen LogP contribution in [0, 0.1) is 5.92 Å². The molecule has 1 atom stereocenters. The van der Waals surface area contributed by atoms with Gasteiger partial charge in [0, 0.05) is 19.6 Å². The van der Waals surface area contributed by atoms with Gasteiger partial charge in [-0.25, -0.2) is 0 Å². The largest absolute Gasteiger partial charge is 0.481 e. The number of carbonyl (C=O) groups is 2. The van der Waals surface area contributed by atoms with Gasteiger partial charge in [0.05, 0.1) is 25.2 Å². The van der Waals surface area contributed by atoms with Gasteiger partial charge in [0.2, 0.25) is 5.91 Å². The van der Waals surface area contributed by atoms with Crippen LogP contribution in [0.2, 0.25) is 0 Å². The lowest BCUT2D eigenvalue weighted by Crippen LogP contribution is -2.45. The van der Waals surface area contributed by atoms with Crippen LogP contribution in [-0.2, 0) is 9.59 Å². The van der Waals surface area contributed by atoms with Crippen LogP contribution >= 0.6 is 0 Å². The van der Waals surface area contributed by atoms with Crippen LogP contribution in [0.1, 0.15) is 12.8 Å². The summed E-state index contributed by atoms with van der Waals surface area (Å²) in [4.78, 5) is 24.1. The molecule has 4 N–H and O–H groups in total. The van der Waals surface area contributed by atoms with Gasteiger partial charge in [-0.2, -0.15) is 0 Å². The molecule has 1 aliphatic rings. The number of nitrogens with one attached hydrogen (secondary N) is 1. The number of aliphatic hydroxyl groups is 2. The number of hydrogen-bond donors (Lipinski definition) is 4. The minimum Gasteiger partial charge on any atom is -0.481 e. The molecule has 1 aliphatic heterocycles. The Morgan fingerprint density at radius 3 is 2.44 bits per heavy atom. The molecular weight excluding hydrogens is 240 g/mol. The van der Waals surface area contributed by atoms with E-state index >= 15 is 0 Å². The molecule has 7 nitrogen and oxygen atoms in total. The van der Waals surface area contributed by atoms with Gasteiger partial charge < -0.3 is 25.5 Å². The molecule has 1 heterocycles. The highest BCUT2D eigenvalue weighted by Gasteiger charge is 2.26. The van der Waals surface area contributed by atoms with Gasteiger partial charge in [-0.05, 0) is 12.8 Å². The number of rotatable bonds is 6. The summed E-state index contributed by atoms with van der Waals surface area (Å²) in [5.41, 5.74) is 0. The Hall–Kier alpha value is -1.18. The van der Waals surface area contributed by atoms with Gasteiger partial charge in [-0.3, -0.25) is 9.59 Å². The highest BCUT2D eigenvalue weighted by molar-refractivity contribution is 5.78. The molecule has 18 heavy (non-hydrogen) atoms. The van der Waals surface area contributed by atoms with Gasteiger partial charge in [-0.15, -0.1) is 0 Å². The minimum absolute atomic E-state index is 0.0921. The molecule has 0 saturated carbocycles. The maximum absolute atomic E-state index is 11.7. The van der Waals surface area contributed by atoms with Gasteiger partial charge in [0.25, 0.3) is 0 Å². The first-order valence-corrected chi connectivity index (χ1v) is 6.04. The van der Waals surface area contributed by atoms with Crippen LogP contribution in [0.3, 0.4) is 0 Å². The molecule has 0 spiro atoms. The topological polar surface area (TPSA) is 110 Å². The van der Waals surface area contributed by atoms with E-state index in [4.69, 9.17) is 15.3 Å². The van der Waals surface area contributed by atoms with Crippen LogP contribution in [-0.4, -0.2) is 71.0 Å².